The Labute approximate surface area is 109 Å². The molecule has 0 spiro atoms. The zero-order valence-electron chi connectivity index (χ0n) is 11.8. The van der Waals surface area contributed by atoms with Crippen molar-refractivity contribution in [1.82, 2.24) is 4.98 Å². The second-order valence-corrected chi connectivity index (χ2v) is 5.37. The molecule has 1 aromatic rings. The maximum atomic E-state index is 11.1. The summed E-state index contributed by atoms with van der Waals surface area (Å²) in [5, 5.41) is 9.13. The number of hydrogen-bond acceptors (Lipinski definition) is 3. The van der Waals surface area contributed by atoms with Gasteiger partial charge in [-0.3, -0.25) is 0 Å². The highest BCUT2D eigenvalue weighted by molar-refractivity contribution is 5.88. The molecule has 1 rings (SSSR count). The molecule has 0 aliphatic rings. The molecule has 4 nitrogen and oxygen atoms in total. The normalized spacial score (nSPS) is 11.1. The second kappa shape index (κ2) is 5.85. The minimum atomic E-state index is -0.904. The lowest BCUT2D eigenvalue weighted by atomic mass is 10.1. The third kappa shape index (κ3) is 3.72. The van der Waals surface area contributed by atoms with Crippen LogP contribution < -0.4 is 4.90 Å². The number of nitrogens with zero attached hydrogens (tertiary/aromatic N) is 2. The van der Waals surface area contributed by atoms with E-state index in [1.165, 1.54) is 0 Å². The summed E-state index contributed by atoms with van der Waals surface area (Å²) in [4.78, 5) is 17.7. The fraction of sp³-hybridized carbons (Fsp3) is 0.571. The predicted molar refractivity (Wildman–Crippen MR) is 73.4 cm³/mol. The van der Waals surface area contributed by atoms with Crippen molar-refractivity contribution in [2.75, 3.05) is 18.5 Å². The van der Waals surface area contributed by atoms with Crippen LogP contribution in [0.15, 0.2) is 12.1 Å². The van der Waals surface area contributed by atoms with Gasteiger partial charge in [0, 0.05) is 19.3 Å². The van der Waals surface area contributed by atoms with E-state index in [2.05, 4.69) is 18.8 Å². The highest BCUT2D eigenvalue weighted by Crippen LogP contribution is 2.20. The standard InChI is InChI=1S/C14H22N2O2/c1-9(2)8-16(5)13-7-11(14(17)18)6-12(15-13)10(3)4/h6-7,9-10H,8H2,1-5H3,(H,17,18). The first-order chi connectivity index (χ1) is 8.31. The minimum absolute atomic E-state index is 0.218. The van der Waals surface area contributed by atoms with E-state index in [1.54, 1.807) is 12.1 Å². The van der Waals surface area contributed by atoms with Crippen LogP contribution in [0, 0.1) is 5.92 Å². The van der Waals surface area contributed by atoms with Crippen LogP contribution in [0.4, 0.5) is 5.82 Å². The third-order valence-corrected chi connectivity index (χ3v) is 2.70. The predicted octanol–water partition coefficient (Wildman–Crippen LogP) is 3.00. The summed E-state index contributed by atoms with van der Waals surface area (Å²) in [5.41, 5.74) is 1.12. The van der Waals surface area contributed by atoms with Crippen molar-refractivity contribution in [3.05, 3.63) is 23.4 Å². The van der Waals surface area contributed by atoms with Gasteiger partial charge in [0.05, 0.1) is 5.56 Å². The van der Waals surface area contributed by atoms with E-state index in [0.29, 0.717) is 11.5 Å². The zero-order chi connectivity index (χ0) is 13.9. The van der Waals surface area contributed by atoms with Crippen LogP contribution in [-0.4, -0.2) is 29.7 Å². The van der Waals surface area contributed by atoms with Gasteiger partial charge in [-0.1, -0.05) is 27.7 Å². The van der Waals surface area contributed by atoms with Crippen molar-refractivity contribution in [3.63, 3.8) is 0 Å². The van der Waals surface area contributed by atoms with E-state index >= 15 is 0 Å². The summed E-state index contributed by atoms with van der Waals surface area (Å²) in [6, 6.07) is 3.29. The van der Waals surface area contributed by atoms with Gasteiger partial charge in [0.2, 0.25) is 0 Å². The molecule has 1 heterocycles. The topological polar surface area (TPSA) is 53.4 Å². The molecule has 4 heteroatoms. The third-order valence-electron chi connectivity index (χ3n) is 2.70. The molecule has 0 radical (unpaired) electrons. The molecule has 0 bridgehead atoms. The molecular formula is C14H22N2O2. The largest absolute Gasteiger partial charge is 0.478 e. The lowest BCUT2D eigenvalue weighted by molar-refractivity contribution is 0.0696. The second-order valence-electron chi connectivity index (χ2n) is 5.37. The summed E-state index contributed by atoms with van der Waals surface area (Å²) < 4.78 is 0. The number of anilines is 1. The molecule has 0 fully saturated rings. The highest BCUT2D eigenvalue weighted by atomic mass is 16.4. The van der Waals surface area contributed by atoms with Crippen LogP contribution in [0.5, 0.6) is 0 Å². The van der Waals surface area contributed by atoms with Crippen molar-refractivity contribution in [1.29, 1.82) is 0 Å². The lowest BCUT2D eigenvalue weighted by Crippen LogP contribution is -2.24. The van der Waals surface area contributed by atoms with Crippen LogP contribution in [0.1, 0.15) is 49.7 Å². The number of hydrogen-bond donors (Lipinski definition) is 1. The quantitative estimate of drug-likeness (QED) is 0.872. The van der Waals surface area contributed by atoms with Gasteiger partial charge in [-0.2, -0.15) is 0 Å². The molecule has 0 aromatic carbocycles. The van der Waals surface area contributed by atoms with E-state index in [-0.39, 0.29) is 5.92 Å². The van der Waals surface area contributed by atoms with E-state index in [0.717, 1.165) is 18.1 Å². The van der Waals surface area contributed by atoms with Crippen LogP contribution in [-0.2, 0) is 0 Å². The Morgan fingerprint density at radius 3 is 2.39 bits per heavy atom. The van der Waals surface area contributed by atoms with Gasteiger partial charge >= 0.3 is 5.97 Å². The molecule has 1 aromatic heterocycles. The molecule has 0 aliphatic heterocycles. The summed E-state index contributed by atoms with van der Waals surface area (Å²) >= 11 is 0. The summed E-state index contributed by atoms with van der Waals surface area (Å²) in [5.74, 6) is 0.550. The molecule has 100 valence electrons. The van der Waals surface area contributed by atoms with Crippen molar-refractivity contribution in [3.8, 4) is 0 Å². The van der Waals surface area contributed by atoms with Gasteiger partial charge in [0.1, 0.15) is 5.82 Å². The molecule has 0 aliphatic carbocycles. The Morgan fingerprint density at radius 2 is 1.94 bits per heavy atom. The van der Waals surface area contributed by atoms with Crippen LogP contribution in [0.25, 0.3) is 0 Å². The SMILES string of the molecule is CC(C)CN(C)c1cc(C(=O)O)cc(C(C)C)n1. The number of aromatic carboxylic acids is 1. The van der Waals surface area contributed by atoms with Crippen molar-refractivity contribution in [2.45, 2.75) is 33.6 Å². The van der Waals surface area contributed by atoms with Crippen molar-refractivity contribution < 1.29 is 9.90 Å². The van der Waals surface area contributed by atoms with Crippen molar-refractivity contribution in [2.24, 2.45) is 5.92 Å². The monoisotopic (exact) mass is 250 g/mol. The molecular weight excluding hydrogens is 228 g/mol. The molecule has 0 unspecified atom stereocenters. The number of carboxylic acid groups (broad SMARTS) is 1. The van der Waals surface area contributed by atoms with Gasteiger partial charge in [-0.15, -0.1) is 0 Å². The number of rotatable bonds is 5. The molecule has 0 atom stereocenters. The molecule has 18 heavy (non-hydrogen) atoms. The van der Waals surface area contributed by atoms with Crippen LogP contribution in [0.2, 0.25) is 0 Å². The zero-order valence-corrected chi connectivity index (χ0v) is 11.8. The number of carboxylic acids is 1. The van der Waals surface area contributed by atoms with Gasteiger partial charge in [-0.05, 0) is 24.0 Å². The van der Waals surface area contributed by atoms with Gasteiger partial charge < -0.3 is 10.0 Å². The number of carbonyl (C=O) groups is 1. The number of aromatic nitrogens is 1. The number of pyridine rings is 1. The maximum Gasteiger partial charge on any atom is 0.335 e. The lowest BCUT2D eigenvalue weighted by Gasteiger charge is -2.22. The average Bonchev–Trinajstić information content (AvgIpc) is 2.27. The first-order valence-electron chi connectivity index (χ1n) is 6.27. The highest BCUT2D eigenvalue weighted by Gasteiger charge is 2.13. The maximum absolute atomic E-state index is 11.1. The minimum Gasteiger partial charge on any atom is -0.478 e. The fourth-order valence-electron chi connectivity index (χ4n) is 1.79. The Morgan fingerprint density at radius 1 is 1.33 bits per heavy atom. The van der Waals surface area contributed by atoms with E-state index in [4.69, 9.17) is 5.11 Å². The Bertz CT molecular complexity index is 428. The van der Waals surface area contributed by atoms with Crippen LogP contribution >= 0.6 is 0 Å². The first-order valence-corrected chi connectivity index (χ1v) is 6.27. The van der Waals surface area contributed by atoms with Crippen LogP contribution in [0.3, 0.4) is 0 Å². The van der Waals surface area contributed by atoms with E-state index < -0.39 is 5.97 Å². The summed E-state index contributed by atoms with van der Waals surface area (Å²) in [7, 11) is 1.94. The summed E-state index contributed by atoms with van der Waals surface area (Å²) in [6.45, 7) is 9.13. The van der Waals surface area contributed by atoms with Gasteiger partial charge in [0.25, 0.3) is 0 Å². The van der Waals surface area contributed by atoms with Crippen molar-refractivity contribution >= 4 is 11.8 Å². The van der Waals surface area contributed by atoms with E-state index in [1.807, 2.05) is 25.8 Å². The first kappa shape index (κ1) is 14.5. The van der Waals surface area contributed by atoms with E-state index in [9.17, 15) is 4.79 Å². The Hall–Kier alpha value is -1.58. The summed E-state index contributed by atoms with van der Waals surface area (Å²) in [6.07, 6.45) is 0. The Balaban J connectivity index is 3.14. The van der Waals surface area contributed by atoms with Gasteiger partial charge in [0.15, 0.2) is 0 Å². The average molecular weight is 250 g/mol. The molecule has 1 N–H and O–H groups in total. The fourth-order valence-corrected chi connectivity index (χ4v) is 1.79. The smallest absolute Gasteiger partial charge is 0.335 e. The molecule has 0 saturated heterocycles. The molecule has 0 saturated carbocycles. The van der Waals surface area contributed by atoms with Gasteiger partial charge in [-0.25, -0.2) is 9.78 Å². The Kier molecular flexibility index (Phi) is 4.70. The molecule has 0 amide bonds.